The standard InChI is InChI=1S/C18H23N3O5S3/c22-17(19-5-6-21-7-9-26-10-8-21)18(23)20-13-15(14-3-1-11-27-14)29(24,25)16-4-2-12-28-16/h1-4,11-12,15H,5-10,13H2,(H,19,22)(H,20,23). The summed E-state index contributed by atoms with van der Waals surface area (Å²) in [6.07, 6.45) is 0. The quantitative estimate of drug-likeness (QED) is 0.571. The van der Waals surface area contributed by atoms with Crippen LogP contribution in [0, 0.1) is 0 Å². The van der Waals surface area contributed by atoms with Crippen LogP contribution in [0.25, 0.3) is 0 Å². The van der Waals surface area contributed by atoms with E-state index < -0.39 is 26.9 Å². The molecule has 8 nitrogen and oxygen atoms in total. The second-order valence-corrected chi connectivity index (χ2v) is 10.7. The fourth-order valence-corrected chi connectivity index (χ4v) is 6.89. The largest absolute Gasteiger partial charge is 0.379 e. The first-order chi connectivity index (χ1) is 14.0. The fraction of sp³-hybridized carbons (Fsp3) is 0.444. The molecule has 11 heteroatoms. The van der Waals surface area contributed by atoms with Crippen LogP contribution in [0.5, 0.6) is 0 Å². The van der Waals surface area contributed by atoms with Crippen molar-refractivity contribution in [3.05, 3.63) is 39.9 Å². The van der Waals surface area contributed by atoms with Gasteiger partial charge in [-0.2, -0.15) is 0 Å². The van der Waals surface area contributed by atoms with Crippen LogP contribution in [-0.4, -0.2) is 71.1 Å². The zero-order valence-corrected chi connectivity index (χ0v) is 18.2. The summed E-state index contributed by atoms with van der Waals surface area (Å²) in [5.74, 6) is -1.60. The van der Waals surface area contributed by atoms with Crippen LogP contribution in [0.2, 0.25) is 0 Å². The summed E-state index contributed by atoms with van der Waals surface area (Å²) in [6, 6.07) is 6.69. The number of sulfone groups is 1. The summed E-state index contributed by atoms with van der Waals surface area (Å²) < 4.78 is 31.4. The Morgan fingerprint density at radius 3 is 2.41 bits per heavy atom. The summed E-state index contributed by atoms with van der Waals surface area (Å²) in [6.45, 7) is 3.72. The Balaban J connectivity index is 1.55. The van der Waals surface area contributed by atoms with E-state index in [1.165, 1.54) is 11.3 Å². The van der Waals surface area contributed by atoms with Crippen molar-refractivity contribution in [2.45, 2.75) is 9.46 Å². The molecular weight excluding hydrogens is 434 g/mol. The van der Waals surface area contributed by atoms with E-state index >= 15 is 0 Å². The molecule has 3 rings (SSSR count). The molecule has 0 spiro atoms. The molecule has 0 aliphatic carbocycles. The van der Waals surface area contributed by atoms with Gasteiger partial charge in [-0.05, 0) is 22.9 Å². The highest BCUT2D eigenvalue weighted by Gasteiger charge is 2.31. The maximum Gasteiger partial charge on any atom is 0.309 e. The number of rotatable bonds is 8. The van der Waals surface area contributed by atoms with Crippen LogP contribution in [-0.2, 0) is 24.2 Å². The minimum Gasteiger partial charge on any atom is -0.379 e. The van der Waals surface area contributed by atoms with Gasteiger partial charge >= 0.3 is 11.8 Å². The van der Waals surface area contributed by atoms with E-state index in [0.29, 0.717) is 31.2 Å². The van der Waals surface area contributed by atoms with E-state index in [2.05, 4.69) is 15.5 Å². The third-order valence-corrected chi connectivity index (χ3v) is 9.13. The number of hydrogen-bond acceptors (Lipinski definition) is 8. The number of thiophene rings is 2. The summed E-state index contributed by atoms with van der Waals surface area (Å²) in [7, 11) is -3.67. The van der Waals surface area contributed by atoms with Gasteiger partial charge < -0.3 is 15.4 Å². The minimum atomic E-state index is -3.67. The van der Waals surface area contributed by atoms with E-state index in [0.717, 1.165) is 24.4 Å². The Kier molecular flexibility index (Phi) is 7.78. The molecule has 0 bridgehead atoms. The summed E-state index contributed by atoms with van der Waals surface area (Å²) in [4.78, 5) is 27.0. The van der Waals surface area contributed by atoms with Crippen molar-refractivity contribution >= 4 is 44.3 Å². The lowest BCUT2D eigenvalue weighted by Gasteiger charge is -2.26. The number of hydrogen-bond donors (Lipinski definition) is 2. The zero-order valence-electron chi connectivity index (χ0n) is 15.7. The molecule has 2 N–H and O–H groups in total. The number of morpholine rings is 1. The lowest BCUT2D eigenvalue weighted by molar-refractivity contribution is -0.139. The molecule has 158 valence electrons. The molecule has 1 fully saturated rings. The van der Waals surface area contributed by atoms with Gasteiger partial charge in [-0.25, -0.2) is 8.42 Å². The fourth-order valence-electron chi connectivity index (χ4n) is 2.90. The Morgan fingerprint density at radius 1 is 1.07 bits per heavy atom. The van der Waals surface area contributed by atoms with Crippen LogP contribution < -0.4 is 10.6 Å². The lowest BCUT2D eigenvalue weighted by atomic mass is 10.3. The molecule has 3 heterocycles. The van der Waals surface area contributed by atoms with Crippen LogP contribution in [0.1, 0.15) is 10.1 Å². The SMILES string of the molecule is O=C(NCCN1CCOCC1)C(=O)NCC(c1cccs1)S(=O)(=O)c1cccs1. The number of nitrogens with zero attached hydrogens (tertiary/aromatic N) is 1. The number of nitrogens with one attached hydrogen (secondary N) is 2. The molecule has 0 saturated carbocycles. The average molecular weight is 458 g/mol. The highest BCUT2D eigenvalue weighted by molar-refractivity contribution is 7.93. The van der Waals surface area contributed by atoms with Crippen molar-refractivity contribution in [2.75, 3.05) is 45.9 Å². The molecule has 1 atom stereocenters. The zero-order chi connectivity index (χ0) is 20.7. The highest BCUT2D eigenvalue weighted by Crippen LogP contribution is 2.33. The monoisotopic (exact) mass is 457 g/mol. The number of carbonyl (C=O) groups excluding carboxylic acids is 2. The topological polar surface area (TPSA) is 105 Å². The van der Waals surface area contributed by atoms with E-state index in [1.54, 1.807) is 35.0 Å². The van der Waals surface area contributed by atoms with Crippen molar-refractivity contribution < 1.29 is 22.7 Å². The number of carbonyl (C=O) groups is 2. The van der Waals surface area contributed by atoms with Gasteiger partial charge in [0.25, 0.3) is 0 Å². The maximum atomic E-state index is 13.0. The first-order valence-electron chi connectivity index (χ1n) is 9.15. The molecule has 1 aliphatic heterocycles. The second-order valence-electron chi connectivity index (χ2n) is 6.40. The van der Waals surface area contributed by atoms with Crippen LogP contribution in [0.3, 0.4) is 0 Å². The van der Waals surface area contributed by atoms with Crippen LogP contribution >= 0.6 is 22.7 Å². The molecule has 1 saturated heterocycles. The normalized spacial score (nSPS) is 16.3. The predicted molar refractivity (Wildman–Crippen MR) is 112 cm³/mol. The Labute approximate surface area is 177 Å². The molecule has 29 heavy (non-hydrogen) atoms. The van der Waals surface area contributed by atoms with Crippen molar-refractivity contribution in [2.24, 2.45) is 0 Å². The van der Waals surface area contributed by atoms with Gasteiger partial charge in [-0.15, -0.1) is 22.7 Å². The Hall–Kier alpha value is -1.79. The van der Waals surface area contributed by atoms with Crippen molar-refractivity contribution in [1.82, 2.24) is 15.5 Å². The second kappa shape index (κ2) is 10.3. The maximum absolute atomic E-state index is 13.0. The van der Waals surface area contributed by atoms with Crippen LogP contribution in [0.4, 0.5) is 0 Å². The Morgan fingerprint density at radius 2 is 1.76 bits per heavy atom. The summed E-state index contributed by atoms with van der Waals surface area (Å²) in [5.41, 5.74) is 0. The van der Waals surface area contributed by atoms with Crippen molar-refractivity contribution in [3.63, 3.8) is 0 Å². The third-order valence-electron chi connectivity index (χ3n) is 4.48. The Bertz CT molecular complexity index is 891. The van der Waals surface area contributed by atoms with Gasteiger partial charge in [0.05, 0.1) is 13.2 Å². The molecule has 1 unspecified atom stereocenters. The molecule has 2 amide bonds. The van der Waals surface area contributed by atoms with Gasteiger partial charge in [0, 0.05) is 37.6 Å². The van der Waals surface area contributed by atoms with E-state index in [9.17, 15) is 18.0 Å². The van der Waals surface area contributed by atoms with Crippen LogP contribution in [0.15, 0.2) is 39.2 Å². The van der Waals surface area contributed by atoms with E-state index in [4.69, 9.17) is 4.74 Å². The van der Waals surface area contributed by atoms with Crippen molar-refractivity contribution in [3.8, 4) is 0 Å². The molecular formula is C18H23N3O5S3. The van der Waals surface area contributed by atoms with E-state index in [-0.39, 0.29) is 10.8 Å². The van der Waals surface area contributed by atoms with Gasteiger partial charge in [0.2, 0.25) is 0 Å². The highest BCUT2D eigenvalue weighted by atomic mass is 32.2. The van der Waals surface area contributed by atoms with Crippen molar-refractivity contribution in [1.29, 1.82) is 0 Å². The van der Waals surface area contributed by atoms with E-state index in [1.807, 2.05) is 0 Å². The molecule has 0 radical (unpaired) electrons. The molecule has 2 aromatic heterocycles. The lowest BCUT2D eigenvalue weighted by Crippen LogP contribution is -2.46. The predicted octanol–water partition coefficient (Wildman–Crippen LogP) is 0.889. The average Bonchev–Trinajstić information content (AvgIpc) is 3.43. The van der Waals surface area contributed by atoms with Gasteiger partial charge in [0.15, 0.2) is 9.84 Å². The summed E-state index contributed by atoms with van der Waals surface area (Å²) >= 11 is 2.43. The van der Waals surface area contributed by atoms with Gasteiger partial charge in [-0.3, -0.25) is 14.5 Å². The molecule has 1 aliphatic rings. The number of ether oxygens (including phenoxy) is 1. The third kappa shape index (κ3) is 5.86. The van der Waals surface area contributed by atoms with Gasteiger partial charge in [0.1, 0.15) is 9.46 Å². The van der Waals surface area contributed by atoms with Gasteiger partial charge in [-0.1, -0.05) is 12.1 Å². The minimum absolute atomic E-state index is 0.170. The molecule has 0 aromatic carbocycles. The summed E-state index contributed by atoms with van der Waals surface area (Å²) in [5, 5.41) is 7.59. The smallest absolute Gasteiger partial charge is 0.309 e. The number of amides is 2. The molecule has 2 aromatic rings. The first-order valence-corrected chi connectivity index (χ1v) is 12.5. The first kappa shape index (κ1) is 21.9.